The molecule has 2 aromatic heterocycles. The molecular formula is C24H28Cl2N6O3. The third-order valence-corrected chi connectivity index (χ3v) is 8.27. The number of rotatable bonds is 5. The van der Waals surface area contributed by atoms with Gasteiger partial charge in [-0.05, 0) is 43.7 Å². The van der Waals surface area contributed by atoms with Gasteiger partial charge < -0.3 is 14.8 Å². The summed E-state index contributed by atoms with van der Waals surface area (Å²) in [5, 5.41) is 4.22. The molecule has 4 aliphatic rings. The molecule has 11 heteroatoms. The Morgan fingerprint density at radius 1 is 1.17 bits per heavy atom. The number of amides is 1. The second-order valence-corrected chi connectivity index (χ2v) is 10.8. The maximum Gasteiger partial charge on any atom is 0.416 e. The first kappa shape index (κ1) is 23.4. The highest BCUT2D eigenvalue weighted by atomic mass is 35.5. The number of ether oxygens (including phenoxy) is 2. The van der Waals surface area contributed by atoms with E-state index in [9.17, 15) is 4.79 Å². The summed E-state index contributed by atoms with van der Waals surface area (Å²) in [7, 11) is 0. The van der Waals surface area contributed by atoms with Crippen molar-refractivity contribution in [2.75, 3.05) is 24.5 Å². The zero-order chi connectivity index (χ0) is 24.2. The van der Waals surface area contributed by atoms with Gasteiger partial charge in [0.2, 0.25) is 0 Å². The van der Waals surface area contributed by atoms with Gasteiger partial charge in [-0.3, -0.25) is 15.3 Å². The van der Waals surface area contributed by atoms with Gasteiger partial charge in [0.05, 0.1) is 34.8 Å². The van der Waals surface area contributed by atoms with Gasteiger partial charge >= 0.3 is 6.09 Å². The molecule has 5 atom stereocenters. The molecule has 0 radical (unpaired) electrons. The summed E-state index contributed by atoms with van der Waals surface area (Å²) in [5.74, 6) is 0.966. The monoisotopic (exact) mass is 518 g/mol. The van der Waals surface area contributed by atoms with E-state index in [1.54, 1.807) is 17.3 Å². The second-order valence-electron chi connectivity index (χ2n) is 9.96. The highest BCUT2D eigenvalue weighted by Crippen LogP contribution is 2.41. The number of nitrogens with zero attached hydrogens (tertiary/aromatic N) is 3. The molecule has 0 aromatic carbocycles. The van der Waals surface area contributed by atoms with Crippen molar-refractivity contribution in [3.63, 3.8) is 0 Å². The van der Waals surface area contributed by atoms with E-state index in [1.807, 2.05) is 25.3 Å². The fraction of sp³-hybridized carbons (Fsp3) is 0.542. The molecule has 3 saturated heterocycles. The van der Waals surface area contributed by atoms with Crippen LogP contribution in [0.4, 0.5) is 10.6 Å². The van der Waals surface area contributed by atoms with Gasteiger partial charge in [0, 0.05) is 43.3 Å². The number of pyridine rings is 2. The van der Waals surface area contributed by atoms with Crippen LogP contribution in [0.15, 0.2) is 30.7 Å². The maximum absolute atomic E-state index is 12.4. The van der Waals surface area contributed by atoms with E-state index < -0.39 is 5.60 Å². The van der Waals surface area contributed by atoms with Crippen molar-refractivity contribution in [2.45, 2.75) is 56.1 Å². The number of carbonyl (C=O) groups excluding carboxylic acids is 1. The van der Waals surface area contributed by atoms with Crippen LogP contribution in [0.3, 0.4) is 0 Å². The quantitative estimate of drug-likeness (QED) is 0.552. The van der Waals surface area contributed by atoms with Crippen LogP contribution < -0.4 is 21.1 Å². The number of anilines is 1. The lowest BCUT2D eigenvalue weighted by molar-refractivity contribution is -0.0370. The Labute approximate surface area is 213 Å². The summed E-state index contributed by atoms with van der Waals surface area (Å²) in [6.07, 6.45) is 7.45. The molecule has 4 unspecified atom stereocenters. The Morgan fingerprint density at radius 3 is 2.63 bits per heavy atom. The number of fused-ring (bicyclic) bond motifs is 1. The fourth-order valence-corrected chi connectivity index (χ4v) is 6.44. The predicted octanol–water partition coefficient (Wildman–Crippen LogP) is 3.55. The molecule has 4 fully saturated rings. The Hall–Kier alpha value is -2.01. The number of carbonyl (C=O) groups is 1. The molecule has 186 valence electrons. The van der Waals surface area contributed by atoms with Crippen molar-refractivity contribution in [2.24, 2.45) is 5.92 Å². The molecule has 1 aliphatic carbocycles. The van der Waals surface area contributed by atoms with E-state index in [0.717, 1.165) is 30.4 Å². The maximum atomic E-state index is 12.4. The van der Waals surface area contributed by atoms with Crippen LogP contribution in [0.1, 0.15) is 49.5 Å². The Morgan fingerprint density at radius 2 is 1.97 bits per heavy atom. The summed E-state index contributed by atoms with van der Waals surface area (Å²) >= 11 is 12.7. The summed E-state index contributed by atoms with van der Waals surface area (Å²) < 4.78 is 12.0. The van der Waals surface area contributed by atoms with Crippen molar-refractivity contribution < 1.29 is 14.3 Å². The summed E-state index contributed by atoms with van der Waals surface area (Å²) in [6, 6.07) is 4.42. The van der Waals surface area contributed by atoms with Crippen molar-refractivity contribution in [1.82, 2.24) is 26.1 Å². The molecule has 1 amide bonds. The van der Waals surface area contributed by atoms with Gasteiger partial charge in [-0.25, -0.2) is 15.2 Å². The molecule has 0 bridgehead atoms. The smallest absolute Gasteiger partial charge is 0.416 e. The average Bonchev–Trinajstić information content (AvgIpc) is 3.40. The van der Waals surface area contributed by atoms with Crippen LogP contribution in [0.2, 0.25) is 10.0 Å². The van der Waals surface area contributed by atoms with Crippen molar-refractivity contribution in [3.05, 3.63) is 51.9 Å². The molecule has 35 heavy (non-hydrogen) atoms. The first-order valence-corrected chi connectivity index (χ1v) is 12.8. The van der Waals surface area contributed by atoms with Gasteiger partial charge in [-0.15, -0.1) is 0 Å². The molecule has 2 aromatic rings. The minimum Gasteiger partial charge on any atom is -0.438 e. The minimum absolute atomic E-state index is 0.0922. The number of hydrogen-bond donors (Lipinski definition) is 3. The molecule has 3 aliphatic heterocycles. The first-order valence-electron chi connectivity index (χ1n) is 12.0. The third kappa shape index (κ3) is 4.28. The highest BCUT2D eigenvalue weighted by Gasteiger charge is 2.50. The largest absolute Gasteiger partial charge is 0.438 e. The van der Waals surface area contributed by atoms with E-state index in [4.69, 9.17) is 32.7 Å². The van der Waals surface area contributed by atoms with E-state index in [1.165, 1.54) is 0 Å². The van der Waals surface area contributed by atoms with Crippen molar-refractivity contribution >= 4 is 35.1 Å². The van der Waals surface area contributed by atoms with Crippen LogP contribution >= 0.6 is 23.2 Å². The molecular weight excluding hydrogens is 491 g/mol. The topological polar surface area (TPSA) is 101 Å². The van der Waals surface area contributed by atoms with Crippen molar-refractivity contribution in [3.8, 4) is 0 Å². The highest BCUT2D eigenvalue weighted by molar-refractivity contribution is 6.35. The van der Waals surface area contributed by atoms with Crippen molar-refractivity contribution in [1.29, 1.82) is 0 Å². The van der Waals surface area contributed by atoms with Gasteiger partial charge in [0.25, 0.3) is 0 Å². The molecule has 9 nitrogen and oxygen atoms in total. The van der Waals surface area contributed by atoms with Crippen LogP contribution in [-0.4, -0.2) is 53.4 Å². The van der Waals surface area contributed by atoms with Gasteiger partial charge in [-0.2, -0.15) is 0 Å². The lowest BCUT2D eigenvalue weighted by Gasteiger charge is -2.36. The van der Waals surface area contributed by atoms with Gasteiger partial charge in [0.1, 0.15) is 5.82 Å². The Bertz CT molecular complexity index is 1090. The summed E-state index contributed by atoms with van der Waals surface area (Å²) in [4.78, 5) is 22.6. The average molecular weight is 519 g/mol. The van der Waals surface area contributed by atoms with Gasteiger partial charge in [0.15, 0.2) is 5.60 Å². The van der Waals surface area contributed by atoms with Crippen LogP contribution in [0, 0.1) is 5.92 Å². The third-order valence-electron chi connectivity index (χ3n) is 7.67. The lowest BCUT2D eigenvalue weighted by atomic mass is 9.78. The van der Waals surface area contributed by atoms with Crippen LogP contribution in [0.5, 0.6) is 0 Å². The predicted molar refractivity (Wildman–Crippen MR) is 131 cm³/mol. The molecule has 1 saturated carbocycles. The first-order chi connectivity index (χ1) is 16.9. The Kier molecular flexibility index (Phi) is 6.11. The number of halogens is 2. The van der Waals surface area contributed by atoms with Crippen LogP contribution in [0.25, 0.3) is 0 Å². The van der Waals surface area contributed by atoms with E-state index in [0.29, 0.717) is 47.5 Å². The molecule has 1 spiro atoms. The molecule has 3 N–H and O–H groups in total. The summed E-state index contributed by atoms with van der Waals surface area (Å²) in [5.41, 5.74) is 8.38. The normalized spacial score (nSPS) is 30.1. The fourth-order valence-electron chi connectivity index (χ4n) is 5.77. The van der Waals surface area contributed by atoms with Crippen LogP contribution in [-0.2, 0) is 9.47 Å². The second kappa shape index (κ2) is 9.14. The van der Waals surface area contributed by atoms with E-state index in [-0.39, 0.29) is 24.3 Å². The molecule has 6 rings (SSSR count). The lowest BCUT2D eigenvalue weighted by Crippen LogP contribution is -2.61. The summed E-state index contributed by atoms with van der Waals surface area (Å²) in [6.45, 7) is 3.89. The number of hydrazine groups is 1. The Balaban J connectivity index is 1.13. The number of hydrogen-bond acceptors (Lipinski definition) is 8. The minimum atomic E-state index is -0.402. The van der Waals surface area contributed by atoms with E-state index >= 15 is 0 Å². The molecule has 5 heterocycles. The standard InChI is InChI=1S/C24H28Cl2N6O3/c1-13(21-17(25)8-27-9-18(21)26)34-15-3-4-19-16(6-15)22(31-30-19)14-2-5-20(29-7-14)32-12-24(10-28-11-24)35-23(32)33/h2,5,7-9,13,15-16,19,22,28,30-31H,3-4,6,10-12H2,1H3/t13-,15?,16?,19?,22?/m1/s1. The zero-order valence-corrected chi connectivity index (χ0v) is 20.9. The number of nitrogens with one attached hydrogen (secondary N) is 3. The zero-order valence-electron chi connectivity index (χ0n) is 19.3. The number of aromatic nitrogens is 2. The van der Waals surface area contributed by atoms with Gasteiger partial charge in [-0.1, -0.05) is 29.3 Å². The van der Waals surface area contributed by atoms with E-state index in [2.05, 4.69) is 26.1 Å². The SMILES string of the molecule is C[C@@H](OC1CCC2NNC(c3ccc(N4CC5(CNC5)OC4=O)nc3)C2C1)c1c(Cl)cncc1Cl.